The Kier molecular flexibility index (Phi) is 5.11. The number of amides is 1. The number of hydrogen-bond donors (Lipinski definition) is 4. The van der Waals surface area contributed by atoms with Crippen LogP contribution in [0.2, 0.25) is 0 Å². The van der Waals surface area contributed by atoms with Gasteiger partial charge < -0.3 is 16.4 Å². The summed E-state index contributed by atoms with van der Waals surface area (Å²) in [5.74, 6) is -0.533. The number of primary sulfonamides is 1. The van der Waals surface area contributed by atoms with Gasteiger partial charge >= 0.3 is 0 Å². The van der Waals surface area contributed by atoms with Gasteiger partial charge in [-0.3, -0.25) is 4.79 Å². The molecule has 1 aromatic rings. The molecule has 0 saturated heterocycles. The first kappa shape index (κ1) is 17.4. The van der Waals surface area contributed by atoms with Crippen LogP contribution in [0.1, 0.15) is 10.7 Å². The van der Waals surface area contributed by atoms with E-state index < -0.39 is 10.0 Å². The highest BCUT2D eigenvalue weighted by Crippen LogP contribution is 2.20. The Morgan fingerprint density at radius 3 is 2.83 bits per heavy atom. The number of nitrogens with zero attached hydrogens (tertiary/aromatic N) is 2. The van der Waals surface area contributed by atoms with Gasteiger partial charge in [0.15, 0.2) is 5.82 Å². The molecule has 6 N–H and O–H groups in total. The van der Waals surface area contributed by atoms with Gasteiger partial charge in [0.2, 0.25) is 21.9 Å². The van der Waals surface area contributed by atoms with Crippen molar-refractivity contribution in [2.75, 3.05) is 11.1 Å². The molecule has 1 aromatic heterocycles. The smallest absolute Gasteiger partial charge is 0.247 e. The van der Waals surface area contributed by atoms with Crippen molar-refractivity contribution in [3.63, 3.8) is 0 Å². The van der Waals surface area contributed by atoms with Gasteiger partial charge in [-0.15, -0.1) is 0 Å². The molecule has 0 aliphatic heterocycles. The minimum absolute atomic E-state index is 0. The number of nitrogens with one attached hydrogen (secondary N) is 2. The maximum absolute atomic E-state index is 11.6. The lowest BCUT2D eigenvalue weighted by atomic mass is 10.3. The molecule has 132 valence electrons. The largest absolute Gasteiger partial charge is 0.368 e. The molecule has 9 nitrogen and oxygen atoms in total. The standard InChI is InChI=1S/C14H16N6O3S.3H2/c1-2-12(21)18-9-5-3-4-6-10(7-9)19-13-11(24(16,22)23)8-17-14(15)20-13;;;/h2-3,5-8H,1,4H2,(H,18,21)(H2,16,22,23)(H3,15,17,19,20);3*1H. The van der Waals surface area contributed by atoms with Crippen molar-refractivity contribution in [3.05, 3.63) is 54.5 Å². The van der Waals surface area contributed by atoms with Crippen LogP contribution in [0.4, 0.5) is 11.8 Å². The van der Waals surface area contributed by atoms with Gasteiger partial charge in [0.25, 0.3) is 0 Å². The number of anilines is 2. The van der Waals surface area contributed by atoms with Crippen LogP contribution in [0.25, 0.3) is 0 Å². The Morgan fingerprint density at radius 1 is 1.42 bits per heavy atom. The number of nitrogens with two attached hydrogens (primary N) is 2. The lowest BCUT2D eigenvalue weighted by Crippen LogP contribution is -2.20. The zero-order valence-corrected chi connectivity index (χ0v) is 13.4. The van der Waals surface area contributed by atoms with E-state index in [2.05, 4.69) is 27.2 Å². The number of carbonyl (C=O) groups is 1. The van der Waals surface area contributed by atoms with Crippen molar-refractivity contribution in [3.8, 4) is 0 Å². The number of nitrogen functional groups attached to an aromatic ring is 1. The fourth-order valence-electron chi connectivity index (χ4n) is 1.84. The summed E-state index contributed by atoms with van der Waals surface area (Å²) < 4.78 is 23.2. The molecule has 10 heteroatoms. The third-order valence-corrected chi connectivity index (χ3v) is 3.79. The summed E-state index contributed by atoms with van der Waals surface area (Å²) in [5, 5.41) is 10.6. The van der Waals surface area contributed by atoms with Crippen LogP contribution < -0.4 is 21.5 Å². The first-order valence-corrected chi connectivity index (χ1v) is 8.28. The lowest BCUT2D eigenvalue weighted by Gasteiger charge is -2.11. The van der Waals surface area contributed by atoms with Crippen LogP contribution in [0, 0.1) is 0 Å². The highest BCUT2D eigenvalue weighted by atomic mass is 32.2. The maximum Gasteiger partial charge on any atom is 0.247 e. The van der Waals surface area contributed by atoms with Crippen LogP contribution in [-0.2, 0) is 14.8 Å². The molecule has 1 aliphatic rings. The van der Waals surface area contributed by atoms with Gasteiger partial charge in [0.05, 0.1) is 6.20 Å². The molecule has 1 aliphatic carbocycles. The SMILES string of the molecule is C=CC(=O)NC1=CC(Nc2nc(N)ncc2S(N)(=O)=O)=CCC=C1.[HH].[HH].[HH]. The Hall–Kier alpha value is -2.98. The van der Waals surface area contributed by atoms with E-state index in [-0.39, 0.29) is 26.8 Å². The second-order valence-corrected chi connectivity index (χ2v) is 6.23. The molecule has 1 heterocycles. The summed E-state index contributed by atoms with van der Waals surface area (Å²) >= 11 is 0. The Labute approximate surface area is 143 Å². The molecule has 0 saturated carbocycles. The van der Waals surface area contributed by atoms with Crippen molar-refractivity contribution < 1.29 is 17.5 Å². The predicted octanol–water partition coefficient (Wildman–Crippen LogP) is 0.886. The van der Waals surface area contributed by atoms with Gasteiger partial charge in [0, 0.05) is 15.7 Å². The fraction of sp³-hybridized carbons (Fsp3) is 0.0714. The molecule has 0 atom stereocenters. The number of hydrogen-bond acceptors (Lipinski definition) is 7. The van der Waals surface area contributed by atoms with E-state index in [4.69, 9.17) is 10.9 Å². The topological polar surface area (TPSA) is 153 Å². The third kappa shape index (κ3) is 4.51. The first-order valence-electron chi connectivity index (χ1n) is 6.74. The molecule has 0 fully saturated rings. The summed E-state index contributed by atoms with van der Waals surface area (Å²) in [5.41, 5.74) is 6.50. The third-order valence-electron chi connectivity index (χ3n) is 2.88. The van der Waals surface area contributed by atoms with E-state index in [1.54, 1.807) is 18.2 Å². The summed E-state index contributed by atoms with van der Waals surface area (Å²) in [7, 11) is -4.04. The van der Waals surface area contributed by atoms with E-state index in [9.17, 15) is 13.2 Å². The minimum Gasteiger partial charge on any atom is -0.368 e. The normalized spacial score (nSPS) is 14.2. The molecule has 0 unspecified atom stereocenters. The number of carbonyl (C=O) groups excluding carboxylic acids is 1. The van der Waals surface area contributed by atoms with Crippen LogP contribution in [0.3, 0.4) is 0 Å². The first-order chi connectivity index (χ1) is 11.3. The highest BCUT2D eigenvalue weighted by molar-refractivity contribution is 7.89. The Morgan fingerprint density at radius 2 is 2.17 bits per heavy atom. The number of rotatable bonds is 5. The maximum atomic E-state index is 11.6. The van der Waals surface area contributed by atoms with Crippen molar-refractivity contribution in [1.82, 2.24) is 15.3 Å². The van der Waals surface area contributed by atoms with Crippen molar-refractivity contribution in [2.24, 2.45) is 5.14 Å². The van der Waals surface area contributed by atoms with Gasteiger partial charge in [-0.1, -0.05) is 18.7 Å². The lowest BCUT2D eigenvalue weighted by molar-refractivity contribution is -0.115. The monoisotopic (exact) mass is 354 g/mol. The number of aromatic nitrogens is 2. The second-order valence-electron chi connectivity index (χ2n) is 4.70. The Bertz CT molecular complexity index is 884. The molecule has 0 bridgehead atoms. The zero-order chi connectivity index (χ0) is 17.7. The van der Waals surface area contributed by atoms with Gasteiger partial charge in [-0.05, 0) is 24.6 Å². The van der Waals surface area contributed by atoms with E-state index >= 15 is 0 Å². The molecule has 0 radical (unpaired) electrons. The quantitative estimate of drug-likeness (QED) is 0.572. The molecule has 0 aromatic carbocycles. The van der Waals surface area contributed by atoms with Crippen molar-refractivity contribution >= 4 is 27.7 Å². The van der Waals surface area contributed by atoms with Crippen LogP contribution in [0.15, 0.2) is 59.4 Å². The van der Waals surface area contributed by atoms with Crippen LogP contribution >= 0.6 is 0 Å². The van der Waals surface area contributed by atoms with Crippen LogP contribution in [0.5, 0.6) is 0 Å². The summed E-state index contributed by atoms with van der Waals surface area (Å²) in [6.07, 6.45) is 9.63. The summed E-state index contributed by atoms with van der Waals surface area (Å²) in [6.45, 7) is 3.38. The van der Waals surface area contributed by atoms with Gasteiger partial charge in [-0.2, -0.15) is 4.98 Å². The zero-order valence-electron chi connectivity index (χ0n) is 12.6. The van der Waals surface area contributed by atoms with Crippen LogP contribution in [-0.4, -0.2) is 24.3 Å². The Balaban J connectivity index is 0. The summed E-state index contributed by atoms with van der Waals surface area (Å²) in [4.78, 5) is 18.6. The molecule has 2 rings (SSSR count). The molecule has 1 amide bonds. The van der Waals surface area contributed by atoms with E-state index in [0.717, 1.165) is 12.3 Å². The minimum atomic E-state index is -4.04. The van der Waals surface area contributed by atoms with Gasteiger partial charge in [0.1, 0.15) is 4.90 Å². The highest BCUT2D eigenvalue weighted by Gasteiger charge is 2.17. The average Bonchev–Trinajstić information content (AvgIpc) is 2.71. The molecular weight excluding hydrogens is 332 g/mol. The predicted molar refractivity (Wildman–Crippen MR) is 96.0 cm³/mol. The van der Waals surface area contributed by atoms with E-state index in [1.165, 1.54) is 0 Å². The molecule has 0 spiro atoms. The average molecular weight is 354 g/mol. The van der Waals surface area contributed by atoms with Crippen molar-refractivity contribution in [2.45, 2.75) is 11.3 Å². The molecular formula is C14H22N6O3S. The fourth-order valence-corrected chi connectivity index (χ4v) is 2.41. The van der Waals surface area contributed by atoms with Gasteiger partial charge in [-0.25, -0.2) is 18.5 Å². The van der Waals surface area contributed by atoms with E-state index in [1.807, 2.05) is 6.08 Å². The van der Waals surface area contributed by atoms with Crippen molar-refractivity contribution in [1.29, 1.82) is 0 Å². The molecule has 24 heavy (non-hydrogen) atoms. The second kappa shape index (κ2) is 7.06. The van der Waals surface area contributed by atoms with E-state index in [0.29, 0.717) is 17.8 Å². The number of sulfonamides is 1. The summed E-state index contributed by atoms with van der Waals surface area (Å²) in [6, 6.07) is 0. The number of allylic oxidation sites excluding steroid dienone is 4.